The summed E-state index contributed by atoms with van der Waals surface area (Å²) in [5.41, 5.74) is 3.12. The Morgan fingerprint density at radius 3 is 2.29 bits per heavy atom. The molecular weight excluding hydrogens is 352 g/mol. The van der Waals surface area contributed by atoms with Gasteiger partial charge in [-0.3, -0.25) is 19.3 Å². The normalized spacial score (nSPS) is 19.0. The van der Waals surface area contributed by atoms with Gasteiger partial charge in [0.15, 0.2) is 0 Å². The molecule has 3 amide bonds. The number of rotatable bonds is 5. The maximum atomic E-state index is 13.2. The van der Waals surface area contributed by atoms with Gasteiger partial charge in [-0.05, 0) is 48.4 Å². The number of fused-ring (bicyclic) bond motifs is 2. The smallest absolute Gasteiger partial charge is 0.262 e. The van der Waals surface area contributed by atoms with E-state index in [1.807, 2.05) is 32.0 Å². The third-order valence-corrected chi connectivity index (χ3v) is 5.58. The molecule has 0 saturated carbocycles. The fourth-order valence-electron chi connectivity index (χ4n) is 4.24. The Morgan fingerprint density at radius 1 is 1.04 bits per heavy atom. The van der Waals surface area contributed by atoms with Crippen molar-refractivity contribution in [3.05, 3.63) is 70.8 Å². The molecule has 4 rings (SSSR count). The van der Waals surface area contributed by atoms with E-state index in [9.17, 15) is 14.4 Å². The second-order valence-electron chi connectivity index (χ2n) is 7.97. The van der Waals surface area contributed by atoms with E-state index in [1.54, 1.807) is 24.3 Å². The number of nitrogens with zero attached hydrogens (tertiary/aromatic N) is 1. The summed E-state index contributed by atoms with van der Waals surface area (Å²) in [4.78, 5) is 40.2. The van der Waals surface area contributed by atoms with Crippen LogP contribution in [0.15, 0.2) is 48.5 Å². The lowest BCUT2D eigenvalue weighted by atomic mass is 10.0. The van der Waals surface area contributed by atoms with Crippen LogP contribution in [0.1, 0.15) is 64.6 Å². The van der Waals surface area contributed by atoms with E-state index in [1.165, 1.54) is 5.56 Å². The first-order valence-corrected chi connectivity index (χ1v) is 9.82. The summed E-state index contributed by atoms with van der Waals surface area (Å²) in [5.74, 6) is -0.859. The Balaban J connectivity index is 1.60. The largest absolute Gasteiger partial charge is 0.347 e. The van der Waals surface area contributed by atoms with Crippen molar-refractivity contribution in [2.24, 2.45) is 5.92 Å². The molecule has 5 heteroatoms. The van der Waals surface area contributed by atoms with Gasteiger partial charge in [-0.1, -0.05) is 50.2 Å². The number of carbonyl (C=O) groups excluding carboxylic acids is 3. The first-order chi connectivity index (χ1) is 13.5. The van der Waals surface area contributed by atoms with Crippen molar-refractivity contribution in [1.29, 1.82) is 0 Å². The van der Waals surface area contributed by atoms with Gasteiger partial charge in [0.25, 0.3) is 11.8 Å². The molecule has 2 aliphatic rings. The number of amides is 3. The summed E-state index contributed by atoms with van der Waals surface area (Å²) in [6.45, 7) is 3.98. The molecule has 144 valence electrons. The highest BCUT2D eigenvalue weighted by atomic mass is 16.2. The Labute approximate surface area is 164 Å². The van der Waals surface area contributed by atoms with Crippen LogP contribution in [0.4, 0.5) is 0 Å². The summed E-state index contributed by atoms with van der Waals surface area (Å²) in [5, 5.41) is 3.10. The summed E-state index contributed by atoms with van der Waals surface area (Å²) in [7, 11) is 0. The molecule has 1 aliphatic heterocycles. The SMILES string of the molecule is CC(C)C[C@H](C(=O)N[C@@H]1CCc2ccccc21)N1C(=O)c2ccccc2C1=O. The number of benzene rings is 2. The van der Waals surface area contributed by atoms with Gasteiger partial charge in [0.05, 0.1) is 17.2 Å². The topological polar surface area (TPSA) is 66.5 Å². The molecule has 1 aliphatic carbocycles. The third kappa shape index (κ3) is 3.11. The molecule has 2 aromatic carbocycles. The highest BCUT2D eigenvalue weighted by Crippen LogP contribution is 2.32. The fraction of sp³-hybridized carbons (Fsp3) is 0.348. The Morgan fingerprint density at radius 2 is 1.64 bits per heavy atom. The van der Waals surface area contributed by atoms with Crippen molar-refractivity contribution in [2.45, 2.75) is 45.2 Å². The zero-order valence-corrected chi connectivity index (χ0v) is 16.1. The Bertz CT molecular complexity index is 915. The molecule has 1 heterocycles. The molecule has 0 unspecified atom stereocenters. The number of carbonyl (C=O) groups is 3. The van der Waals surface area contributed by atoms with Crippen LogP contribution in [0.5, 0.6) is 0 Å². The van der Waals surface area contributed by atoms with E-state index in [0.29, 0.717) is 17.5 Å². The number of aryl methyl sites for hydroxylation is 1. The number of hydrogen-bond acceptors (Lipinski definition) is 3. The van der Waals surface area contributed by atoms with Gasteiger partial charge in [0, 0.05) is 0 Å². The van der Waals surface area contributed by atoms with Crippen LogP contribution in [0, 0.1) is 5.92 Å². The molecule has 28 heavy (non-hydrogen) atoms. The van der Waals surface area contributed by atoms with Crippen LogP contribution < -0.4 is 5.32 Å². The minimum Gasteiger partial charge on any atom is -0.347 e. The molecule has 2 atom stereocenters. The van der Waals surface area contributed by atoms with E-state index in [-0.39, 0.29) is 29.7 Å². The molecule has 5 nitrogen and oxygen atoms in total. The van der Waals surface area contributed by atoms with Crippen LogP contribution in [-0.4, -0.2) is 28.7 Å². The van der Waals surface area contributed by atoms with E-state index in [4.69, 9.17) is 0 Å². The standard InChI is InChI=1S/C23H24N2O3/c1-14(2)13-20(25-22(27)17-9-5-6-10-18(17)23(25)28)21(26)24-19-12-11-15-7-3-4-8-16(15)19/h3-10,14,19-20H,11-13H2,1-2H3,(H,24,26)/t19-,20-/m1/s1. The van der Waals surface area contributed by atoms with Crippen molar-refractivity contribution in [1.82, 2.24) is 10.2 Å². The molecule has 0 aromatic heterocycles. The van der Waals surface area contributed by atoms with Crippen LogP contribution in [0.2, 0.25) is 0 Å². The van der Waals surface area contributed by atoms with Crippen molar-refractivity contribution in [2.75, 3.05) is 0 Å². The molecule has 0 bridgehead atoms. The van der Waals surface area contributed by atoms with Crippen LogP contribution in [-0.2, 0) is 11.2 Å². The minimum atomic E-state index is -0.805. The zero-order chi connectivity index (χ0) is 19.8. The zero-order valence-electron chi connectivity index (χ0n) is 16.1. The predicted octanol–water partition coefficient (Wildman–Crippen LogP) is 3.50. The molecule has 0 saturated heterocycles. The lowest BCUT2D eigenvalue weighted by Gasteiger charge is -2.28. The lowest BCUT2D eigenvalue weighted by molar-refractivity contribution is -0.126. The Hall–Kier alpha value is -2.95. The third-order valence-electron chi connectivity index (χ3n) is 5.58. The average Bonchev–Trinajstić information content (AvgIpc) is 3.20. The summed E-state index contributed by atoms with van der Waals surface area (Å²) < 4.78 is 0. The van der Waals surface area contributed by atoms with Gasteiger partial charge in [-0.15, -0.1) is 0 Å². The highest BCUT2D eigenvalue weighted by molar-refractivity contribution is 6.22. The van der Waals surface area contributed by atoms with Gasteiger partial charge in [-0.25, -0.2) is 0 Å². The lowest BCUT2D eigenvalue weighted by Crippen LogP contribution is -2.50. The van der Waals surface area contributed by atoms with Crippen LogP contribution >= 0.6 is 0 Å². The van der Waals surface area contributed by atoms with Gasteiger partial charge in [0.2, 0.25) is 5.91 Å². The quantitative estimate of drug-likeness (QED) is 0.812. The summed E-state index contributed by atoms with van der Waals surface area (Å²) >= 11 is 0. The predicted molar refractivity (Wildman–Crippen MR) is 106 cm³/mol. The van der Waals surface area contributed by atoms with Gasteiger partial charge < -0.3 is 5.32 Å². The molecular formula is C23H24N2O3. The van der Waals surface area contributed by atoms with Crippen molar-refractivity contribution in [3.63, 3.8) is 0 Å². The second-order valence-corrected chi connectivity index (χ2v) is 7.97. The molecule has 1 N–H and O–H groups in total. The van der Waals surface area contributed by atoms with Gasteiger partial charge in [0.1, 0.15) is 6.04 Å². The average molecular weight is 376 g/mol. The summed E-state index contributed by atoms with van der Waals surface area (Å²) in [6, 6.07) is 14.0. The highest BCUT2D eigenvalue weighted by Gasteiger charge is 2.43. The first-order valence-electron chi connectivity index (χ1n) is 9.82. The van der Waals surface area contributed by atoms with Gasteiger partial charge >= 0.3 is 0 Å². The molecule has 2 aromatic rings. The maximum Gasteiger partial charge on any atom is 0.262 e. The van der Waals surface area contributed by atoms with Gasteiger partial charge in [-0.2, -0.15) is 0 Å². The second kappa shape index (κ2) is 7.23. The monoisotopic (exact) mass is 376 g/mol. The van der Waals surface area contributed by atoms with E-state index >= 15 is 0 Å². The Kier molecular flexibility index (Phi) is 4.75. The first kappa shape index (κ1) is 18.4. The van der Waals surface area contributed by atoms with Crippen molar-refractivity contribution < 1.29 is 14.4 Å². The molecule has 0 radical (unpaired) electrons. The van der Waals surface area contributed by atoms with Crippen molar-refractivity contribution >= 4 is 17.7 Å². The molecule has 0 fully saturated rings. The van der Waals surface area contributed by atoms with E-state index in [2.05, 4.69) is 11.4 Å². The fourth-order valence-corrected chi connectivity index (χ4v) is 4.24. The number of imide groups is 1. The number of hydrogen-bond donors (Lipinski definition) is 1. The van der Waals surface area contributed by atoms with Crippen molar-refractivity contribution in [3.8, 4) is 0 Å². The van der Waals surface area contributed by atoms with E-state index in [0.717, 1.165) is 23.3 Å². The minimum absolute atomic E-state index is 0.0754. The van der Waals surface area contributed by atoms with Crippen LogP contribution in [0.3, 0.4) is 0 Å². The summed E-state index contributed by atoms with van der Waals surface area (Å²) in [6.07, 6.45) is 2.19. The van der Waals surface area contributed by atoms with E-state index < -0.39 is 6.04 Å². The number of nitrogens with one attached hydrogen (secondary N) is 1. The molecule has 0 spiro atoms. The van der Waals surface area contributed by atoms with Crippen LogP contribution in [0.25, 0.3) is 0 Å². The maximum absolute atomic E-state index is 13.2.